The van der Waals surface area contributed by atoms with Crippen LogP contribution in [0.25, 0.3) is 0 Å². The van der Waals surface area contributed by atoms with Gasteiger partial charge in [-0.1, -0.05) is 13.8 Å². The summed E-state index contributed by atoms with van der Waals surface area (Å²) in [6, 6.07) is -5.08. The molecule has 2 aliphatic heterocycles. The van der Waals surface area contributed by atoms with Gasteiger partial charge in [-0.05, 0) is 77.7 Å². The first-order valence-electron chi connectivity index (χ1n) is 22.3. The van der Waals surface area contributed by atoms with Crippen LogP contribution in [0.15, 0.2) is 15.0 Å². The number of ether oxygens (including phenoxy) is 4. The highest BCUT2D eigenvalue weighted by Gasteiger charge is 2.52. The second-order valence-electron chi connectivity index (χ2n) is 17.3. The quantitative estimate of drug-likeness (QED) is 0.0105. The predicted octanol–water partition coefficient (Wildman–Crippen LogP) is -6.01. The predicted molar refractivity (Wildman–Crippen MR) is 242 cm³/mol. The lowest BCUT2D eigenvalue weighted by Crippen LogP contribution is -2.71. The van der Waals surface area contributed by atoms with E-state index in [1.807, 2.05) is 13.8 Å². The number of hydrazine groups is 3. The van der Waals surface area contributed by atoms with Gasteiger partial charge < -0.3 is 88.4 Å². The van der Waals surface area contributed by atoms with E-state index < -0.39 is 84.9 Å². The summed E-state index contributed by atoms with van der Waals surface area (Å²) in [6.07, 6.45) is -1.72. The van der Waals surface area contributed by atoms with Crippen molar-refractivity contribution in [1.29, 1.82) is 0 Å². The molecular formula is C39H78N16O10. The van der Waals surface area contributed by atoms with Crippen molar-refractivity contribution in [3.8, 4) is 0 Å². The van der Waals surface area contributed by atoms with Crippen LogP contribution in [0.5, 0.6) is 0 Å². The highest BCUT2D eigenvalue weighted by molar-refractivity contribution is 5.76. The summed E-state index contributed by atoms with van der Waals surface area (Å²) in [4.78, 5) is 48.6. The molecule has 15 atom stereocenters. The molecule has 26 heteroatoms. The molecule has 0 aromatic rings. The van der Waals surface area contributed by atoms with Gasteiger partial charge in [-0.25, -0.2) is 21.7 Å². The highest BCUT2D eigenvalue weighted by atomic mass is 16.7. The highest BCUT2D eigenvalue weighted by Crippen LogP contribution is 2.34. The Morgan fingerprint density at radius 2 is 1.14 bits per heavy atom. The molecule has 2 heterocycles. The van der Waals surface area contributed by atoms with Crippen LogP contribution in [0, 0.1) is 5.92 Å². The molecule has 0 bridgehead atoms. The first-order chi connectivity index (χ1) is 30.9. The van der Waals surface area contributed by atoms with Crippen molar-refractivity contribution >= 4 is 36.7 Å². The van der Waals surface area contributed by atoms with E-state index in [9.17, 15) is 29.7 Å². The molecule has 2 saturated heterocycles. The molecule has 0 amide bonds. The summed E-state index contributed by atoms with van der Waals surface area (Å²) in [5, 5.41) is 37.9. The van der Waals surface area contributed by atoms with Gasteiger partial charge in [0.2, 0.25) is 0 Å². The summed E-state index contributed by atoms with van der Waals surface area (Å²) in [5.41, 5.74) is 50.1. The second-order valence-corrected chi connectivity index (χ2v) is 17.3. The standard InChI is InChI=1S/C39H78N16O10/c1-21(2)28-12-11-25(53-50-22(17-56)8-5-13-47-36(40)41)34(63-28)64-31-26(54-51-23(18-57)9-6-14-48-37(42)43)16-27(55-52-24(19-58)10-7-15-49-38(44)45)32(29(31)59)65-35-30(60)33(46-4)39(3,61)20-62-35/h17-19,21-35,46,50-55,59-61H,5-16,20H2,1-4H3,(H4,40,41,47)(H4,42,43,48)(H4,44,45,49)/t22-,23-,24-,25?,26?,27?,28?,29?,30?,31?,32?,33?,34?,35?,39?/m1/s1. The van der Waals surface area contributed by atoms with Gasteiger partial charge >= 0.3 is 0 Å². The van der Waals surface area contributed by atoms with E-state index in [0.29, 0.717) is 64.5 Å². The first kappa shape index (κ1) is 55.6. The molecule has 0 radical (unpaired) electrons. The molecule has 1 aliphatic carbocycles. The zero-order valence-electron chi connectivity index (χ0n) is 38.1. The molecule has 0 spiro atoms. The molecule has 374 valence electrons. The number of guanidine groups is 3. The van der Waals surface area contributed by atoms with Gasteiger partial charge in [-0.3, -0.25) is 25.8 Å². The SMILES string of the molecule is CNC1C(O)C(OC2C(NN[C@@H](C=O)CCCN=C(N)N)CC(NN[C@@H](C=O)CCCN=C(N)N)C(OC3OC(C(C)C)CCC3NN[C@@H](C=O)CCCN=C(N)N)C2O)OCC1(C)O. The van der Waals surface area contributed by atoms with E-state index >= 15 is 0 Å². The Hall–Kier alpha value is -3.74. The van der Waals surface area contributed by atoms with Crippen LogP contribution in [0.1, 0.15) is 78.6 Å². The van der Waals surface area contributed by atoms with Crippen LogP contribution < -0.4 is 72.3 Å². The summed E-state index contributed by atoms with van der Waals surface area (Å²) in [6.45, 7) is 6.27. The van der Waals surface area contributed by atoms with Crippen LogP contribution in [0.3, 0.4) is 0 Å². The third-order valence-corrected chi connectivity index (χ3v) is 11.6. The lowest BCUT2D eigenvalue weighted by molar-refractivity contribution is -0.311. The summed E-state index contributed by atoms with van der Waals surface area (Å²) >= 11 is 0. The lowest BCUT2D eigenvalue weighted by atomic mass is 9.83. The number of carbonyl (C=O) groups is 3. The van der Waals surface area contributed by atoms with Crippen molar-refractivity contribution < 1.29 is 48.7 Å². The number of rotatable bonds is 30. The van der Waals surface area contributed by atoms with Gasteiger partial charge in [0, 0.05) is 19.6 Å². The molecule has 12 unspecified atom stereocenters. The molecular weight excluding hydrogens is 853 g/mol. The third-order valence-electron chi connectivity index (χ3n) is 11.6. The van der Waals surface area contributed by atoms with Gasteiger partial charge in [-0.2, -0.15) is 0 Å². The first-order valence-corrected chi connectivity index (χ1v) is 22.3. The van der Waals surface area contributed by atoms with Gasteiger partial charge in [0.15, 0.2) is 30.5 Å². The number of hydrogen-bond acceptors (Lipinski definition) is 20. The lowest BCUT2D eigenvalue weighted by Gasteiger charge is -2.50. The maximum Gasteiger partial charge on any atom is 0.185 e. The minimum Gasteiger partial charge on any atom is -0.388 e. The fourth-order valence-electron chi connectivity index (χ4n) is 8.01. The Morgan fingerprint density at radius 1 is 0.708 bits per heavy atom. The maximum atomic E-state index is 12.5. The number of aliphatic hydroxyl groups excluding tert-OH is 2. The van der Waals surface area contributed by atoms with E-state index in [1.165, 1.54) is 6.92 Å². The van der Waals surface area contributed by atoms with E-state index in [-0.39, 0.29) is 49.5 Å². The fourth-order valence-corrected chi connectivity index (χ4v) is 8.01. The Labute approximate surface area is 380 Å². The van der Waals surface area contributed by atoms with Gasteiger partial charge in [0.1, 0.15) is 48.9 Å². The molecule has 0 aromatic heterocycles. The average molecular weight is 931 g/mol. The molecule has 65 heavy (non-hydrogen) atoms. The number of aliphatic hydroxyl groups is 3. The van der Waals surface area contributed by atoms with E-state index in [1.54, 1.807) is 7.05 Å². The number of nitrogens with one attached hydrogen (secondary N) is 7. The average Bonchev–Trinajstić information content (AvgIpc) is 3.25. The molecule has 3 fully saturated rings. The number of nitrogens with zero attached hydrogens (tertiary/aromatic N) is 3. The normalized spacial score (nSPS) is 31.8. The van der Waals surface area contributed by atoms with Crippen molar-refractivity contribution in [2.24, 2.45) is 55.3 Å². The van der Waals surface area contributed by atoms with Crippen LogP contribution in [-0.2, 0) is 33.3 Å². The molecule has 22 N–H and O–H groups in total. The third kappa shape index (κ3) is 18.5. The monoisotopic (exact) mass is 931 g/mol. The van der Waals surface area contributed by atoms with Crippen LogP contribution in [0.2, 0.25) is 0 Å². The fraction of sp³-hybridized carbons (Fsp3) is 0.846. The summed E-state index contributed by atoms with van der Waals surface area (Å²) < 4.78 is 25.7. The topological polar surface area (TPSA) is 426 Å². The Balaban J connectivity index is 2.00. The van der Waals surface area contributed by atoms with E-state index in [2.05, 4.69) is 52.8 Å². The summed E-state index contributed by atoms with van der Waals surface area (Å²) in [7, 11) is 1.58. The Morgan fingerprint density at radius 3 is 1.54 bits per heavy atom. The number of aldehydes is 3. The van der Waals surface area contributed by atoms with Crippen LogP contribution >= 0.6 is 0 Å². The molecule has 3 aliphatic rings. The Kier molecular flexibility index (Phi) is 24.3. The van der Waals surface area contributed by atoms with Crippen molar-refractivity contribution in [2.75, 3.05) is 33.3 Å². The number of hydrogen-bond donors (Lipinski definition) is 16. The van der Waals surface area contributed by atoms with E-state index in [0.717, 1.165) is 18.9 Å². The van der Waals surface area contributed by atoms with Crippen molar-refractivity contribution in [3.63, 3.8) is 0 Å². The van der Waals surface area contributed by atoms with Crippen molar-refractivity contribution in [3.05, 3.63) is 0 Å². The van der Waals surface area contributed by atoms with Gasteiger partial charge in [0.05, 0.1) is 55.0 Å². The molecule has 3 rings (SSSR count). The number of aliphatic imine (C=N–C) groups is 3. The Bertz CT molecular complexity index is 1510. The smallest absolute Gasteiger partial charge is 0.185 e. The van der Waals surface area contributed by atoms with Crippen molar-refractivity contribution in [1.82, 2.24) is 37.9 Å². The zero-order valence-corrected chi connectivity index (χ0v) is 38.1. The largest absolute Gasteiger partial charge is 0.388 e. The van der Waals surface area contributed by atoms with Gasteiger partial charge in [0.25, 0.3) is 0 Å². The number of likely N-dealkylation sites (N-methyl/N-ethyl adjacent to an activating group) is 1. The maximum absolute atomic E-state index is 12.5. The van der Waals surface area contributed by atoms with E-state index in [4.69, 9.17) is 53.3 Å². The molecule has 26 nitrogen and oxygen atoms in total. The van der Waals surface area contributed by atoms with Crippen LogP contribution in [0.4, 0.5) is 0 Å². The van der Waals surface area contributed by atoms with Gasteiger partial charge in [-0.15, -0.1) is 0 Å². The second kappa shape index (κ2) is 28.4. The number of nitrogens with two attached hydrogens (primary N) is 6. The molecule has 1 saturated carbocycles. The molecule has 0 aromatic carbocycles. The zero-order chi connectivity index (χ0) is 48.1. The number of carbonyl (C=O) groups excluding carboxylic acids is 3. The summed E-state index contributed by atoms with van der Waals surface area (Å²) in [5.74, 6) is -0.0909. The van der Waals surface area contributed by atoms with Crippen molar-refractivity contribution in [2.45, 2.75) is 170 Å². The minimum absolute atomic E-state index is 0.0416. The minimum atomic E-state index is -1.52. The van der Waals surface area contributed by atoms with Crippen LogP contribution in [-0.4, -0.2) is 176 Å².